The molecule has 0 aromatic heterocycles. The van der Waals surface area contributed by atoms with Crippen molar-refractivity contribution in [2.45, 2.75) is 47.0 Å². The molecule has 0 amide bonds. The lowest BCUT2D eigenvalue weighted by Crippen LogP contribution is -2.09. The molecule has 0 saturated heterocycles. The van der Waals surface area contributed by atoms with Gasteiger partial charge in [-0.2, -0.15) is 0 Å². The van der Waals surface area contributed by atoms with E-state index in [0.29, 0.717) is 17.9 Å². The predicted octanol–water partition coefficient (Wildman–Crippen LogP) is 4.71. The molecule has 0 aliphatic rings. The summed E-state index contributed by atoms with van der Waals surface area (Å²) in [7, 11) is 0. The Morgan fingerprint density at radius 2 is 1.74 bits per heavy atom. The highest BCUT2D eigenvalue weighted by Crippen LogP contribution is 2.33. The lowest BCUT2D eigenvalue weighted by atomic mass is 9.84. The molecule has 0 bridgehead atoms. The summed E-state index contributed by atoms with van der Waals surface area (Å²) < 4.78 is 0. The number of hydrogen-bond donors (Lipinski definition) is 1. The highest BCUT2D eigenvalue weighted by molar-refractivity contribution is 5.97. The molecule has 0 fully saturated rings. The normalized spacial score (nSPS) is 12.8. The maximum absolute atomic E-state index is 11.5. The Labute approximate surface area is 116 Å². The van der Waals surface area contributed by atoms with Crippen molar-refractivity contribution in [2.75, 3.05) is 0 Å². The number of allylic oxidation sites excluding steroid dienone is 1. The van der Waals surface area contributed by atoms with E-state index in [2.05, 4.69) is 33.8 Å². The van der Waals surface area contributed by atoms with Gasteiger partial charge in [0.1, 0.15) is 0 Å². The molecule has 19 heavy (non-hydrogen) atoms. The smallest absolute Gasteiger partial charge is 0.331 e. The van der Waals surface area contributed by atoms with Crippen LogP contribution in [0.3, 0.4) is 0 Å². The molecule has 2 nitrogen and oxygen atoms in total. The van der Waals surface area contributed by atoms with Crippen LogP contribution in [0.5, 0.6) is 0 Å². The molecule has 0 heterocycles. The summed E-state index contributed by atoms with van der Waals surface area (Å²) in [5, 5.41) is 9.43. The van der Waals surface area contributed by atoms with E-state index in [1.54, 1.807) is 0 Å². The molecular formula is C17H24O2. The van der Waals surface area contributed by atoms with Crippen LogP contribution in [-0.4, -0.2) is 11.1 Å². The van der Waals surface area contributed by atoms with Crippen molar-refractivity contribution in [3.05, 3.63) is 41.0 Å². The summed E-state index contributed by atoms with van der Waals surface area (Å²) in [6, 6.07) is 8.14. The van der Waals surface area contributed by atoms with Crippen molar-refractivity contribution >= 4 is 11.5 Å². The third-order valence-corrected chi connectivity index (χ3v) is 3.39. The fraction of sp³-hybridized carbons (Fsp3) is 0.471. The third kappa shape index (κ3) is 3.46. The minimum absolute atomic E-state index is 0.200. The van der Waals surface area contributed by atoms with Gasteiger partial charge in [0.2, 0.25) is 0 Å². The molecule has 1 aromatic rings. The van der Waals surface area contributed by atoms with Gasteiger partial charge in [-0.1, -0.05) is 58.9 Å². The van der Waals surface area contributed by atoms with Crippen LogP contribution in [0.15, 0.2) is 29.8 Å². The maximum atomic E-state index is 11.5. The zero-order valence-corrected chi connectivity index (χ0v) is 12.5. The third-order valence-electron chi connectivity index (χ3n) is 3.39. The topological polar surface area (TPSA) is 37.3 Å². The summed E-state index contributed by atoms with van der Waals surface area (Å²) in [5.41, 5.74) is 3.81. The number of carboxylic acids is 1. The van der Waals surface area contributed by atoms with Gasteiger partial charge in [0.05, 0.1) is 0 Å². The van der Waals surface area contributed by atoms with Crippen LogP contribution in [0.1, 0.15) is 58.1 Å². The summed E-state index contributed by atoms with van der Waals surface area (Å²) in [5.74, 6) is -0.215. The van der Waals surface area contributed by atoms with E-state index in [1.165, 1.54) is 5.56 Å². The summed E-state index contributed by atoms with van der Waals surface area (Å²) >= 11 is 0. The van der Waals surface area contributed by atoms with Gasteiger partial charge < -0.3 is 5.11 Å². The van der Waals surface area contributed by atoms with Crippen LogP contribution < -0.4 is 0 Å². The monoisotopic (exact) mass is 260 g/mol. The van der Waals surface area contributed by atoms with Crippen molar-refractivity contribution in [3.63, 3.8) is 0 Å². The van der Waals surface area contributed by atoms with E-state index in [0.717, 1.165) is 11.1 Å². The first kappa shape index (κ1) is 15.5. The molecule has 0 spiro atoms. The standard InChI is InChI=1S/C17H24O2/c1-6-13(17(18)19)16(12(4)5)15-10-8-7-9-14(15)11(2)3/h7-12H,6H2,1-5H3,(H,18,19). The van der Waals surface area contributed by atoms with Crippen LogP contribution in [0.2, 0.25) is 0 Å². The number of carbonyl (C=O) groups is 1. The van der Waals surface area contributed by atoms with E-state index < -0.39 is 5.97 Å². The van der Waals surface area contributed by atoms with E-state index in [-0.39, 0.29) is 5.92 Å². The Bertz CT molecular complexity index is 482. The predicted molar refractivity (Wildman–Crippen MR) is 80.2 cm³/mol. The second-order valence-electron chi connectivity index (χ2n) is 5.45. The zero-order chi connectivity index (χ0) is 14.6. The van der Waals surface area contributed by atoms with E-state index in [9.17, 15) is 9.90 Å². The zero-order valence-electron chi connectivity index (χ0n) is 12.5. The van der Waals surface area contributed by atoms with Gasteiger partial charge in [-0.3, -0.25) is 0 Å². The lowest BCUT2D eigenvalue weighted by molar-refractivity contribution is -0.132. The number of hydrogen-bond acceptors (Lipinski definition) is 1. The first-order valence-electron chi connectivity index (χ1n) is 6.95. The number of rotatable bonds is 5. The fourth-order valence-corrected chi connectivity index (χ4v) is 2.52. The Hall–Kier alpha value is -1.57. The van der Waals surface area contributed by atoms with Gasteiger partial charge in [-0.15, -0.1) is 0 Å². The molecule has 0 radical (unpaired) electrons. The second-order valence-corrected chi connectivity index (χ2v) is 5.45. The minimum Gasteiger partial charge on any atom is -0.478 e. The van der Waals surface area contributed by atoms with Gasteiger partial charge in [0.25, 0.3) is 0 Å². The molecule has 2 heteroatoms. The molecule has 0 atom stereocenters. The molecule has 0 saturated carbocycles. The maximum Gasteiger partial charge on any atom is 0.331 e. The molecule has 0 aliphatic carbocycles. The number of benzene rings is 1. The van der Waals surface area contributed by atoms with Crippen LogP contribution >= 0.6 is 0 Å². The number of carboxylic acid groups (broad SMARTS) is 1. The SMILES string of the molecule is CCC(C(=O)O)=C(c1ccccc1C(C)C)C(C)C. The van der Waals surface area contributed by atoms with Gasteiger partial charge in [-0.25, -0.2) is 4.79 Å². The van der Waals surface area contributed by atoms with E-state index in [1.807, 2.05) is 25.1 Å². The molecule has 0 unspecified atom stereocenters. The highest BCUT2D eigenvalue weighted by atomic mass is 16.4. The van der Waals surface area contributed by atoms with Crippen molar-refractivity contribution in [1.29, 1.82) is 0 Å². The molecule has 1 aromatic carbocycles. The Balaban J connectivity index is 3.57. The summed E-state index contributed by atoms with van der Waals surface area (Å²) in [4.78, 5) is 11.5. The summed E-state index contributed by atoms with van der Waals surface area (Å²) in [6.07, 6.45) is 0.551. The van der Waals surface area contributed by atoms with Gasteiger partial charge >= 0.3 is 5.97 Å². The van der Waals surface area contributed by atoms with Crippen molar-refractivity contribution in [2.24, 2.45) is 5.92 Å². The Morgan fingerprint density at radius 3 is 2.16 bits per heavy atom. The van der Waals surface area contributed by atoms with Crippen LogP contribution in [-0.2, 0) is 4.79 Å². The fourth-order valence-electron chi connectivity index (χ4n) is 2.52. The number of aliphatic carboxylic acids is 1. The van der Waals surface area contributed by atoms with Crippen molar-refractivity contribution in [3.8, 4) is 0 Å². The first-order valence-corrected chi connectivity index (χ1v) is 6.95. The molecule has 0 aliphatic heterocycles. The molecule has 1 N–H and O–H groups in total. The van der Waals surface area contributed by atoms with E-state index >= 15 is 0 Å². The van der Waals surface area contributed by atoms with Crippen molar-refractivity contribution in [1.82, 2.24) is 0 Å². The Kier molecular flexibility index (Phi) is 5.34. The lowest BCUT2D eigenvalue weighted by Gasteiger charge is -2.20. The van der Waals surface area contributed by atoms with Crippen molar-refractivity contribution < 1.29 is 9.90 Å². The molecule has 104 valence electrons. The largest absolute Gasteiger partial charge is 0.478 e. The first-order chi connectivity index (χ1) is 8.90. The average Bonchev–Trinajstić information content (AvgIpc) is 2.34. The van der Waals surface area contributed by atoms with Crippen LogP contribution in [0, 0.1) is 5.92 Å². The van der Waals surface area contributed by atoms with Crippen LogP contribution in [0.25, 0.3) is 5.57 Å². The summed E-state index contributed by atoms with van der Waals surface area (Å²) in [6.45, 7) is 10.3. The second kappa shape index (κ2) is 6.55. The van der Waals surface area contributed by atoms with E-state index in [4.69, 9.17) is 0 Å². The molecule has 1 rings (SSSR count). The molecular weight excluding hydrogens is 236 g/mol. The van der Waals surface area contributed by atoms with Gasteiger partial charge in [0.15, 0.2) is 0 Å². The van der Waals surface area contributed by atoms with Crippen LogP contribution in [0.4, 0.5) is 0 Å². The average molecular weight is 260 g/mol. The Morgan fingerprint density at radius 1 is 1.16 bits per heavy atom. The van der Waals surface area contributed by atoms with Gasteiger partial charge in [-0.05, 0) is 35.0 Å². The minimum atomic E-state index is -0.801. The van der Waals surface area contributed by atoms with Gasteiger partial charge in [0, 0.05) is 5.57 Å². The highest BCUT2D eigenvalue weighted by Gasteiger charge is 2.20. The quantitative estimate of drug-likeness (QED) is 0.778.